The molecule has 0 saturated heterocycles. The number of anilines is 2. The first-order valence-corrected chi connectivity index (χ1v) is 8.57. The van der Waals surface area contributed by atoms with Gasteiger partial charge in [-0.05, 0) is 45.8 Å². The summed E-state index contributed by atoms with van der Waals surface area (Å²) in [7, 11) is 0. The Labute approximate surface area is 150 Å². The summed E-state index contributed by atoms with van der Waals surface area (Å²) in [6, 6.07) is 13.2. The Morgan fingerprint density at radius 1 is 1.17 bits per heavy atom. The van der Waals surface area contributed by atoms with E-state index < -0.39 is 5.41 Å². The van der Waals surface area contributed by atoms with E-state index in [1.807, 2.05) is 63.2 Å². The van der Waals surface area contributed by atoms with Gasteiger partial charge in [0.15, 0.2) is 0 Å². The predicted octanol–water partition coefficient (Wildman–Crippen LogP) is 4.59. The molecule has 124 valence electrons. The molecule has 0 aromatic heterocycles. The predicted molar refractivity (Wildman–Crippen MR) is 99.2 cm³/mol. The van der Waals surface area contributed by atoms with Crippen LogP contribution >= 0.6 is 15.9 Å². The Kier molecular flexibility index (Phi) is 4.22. The number of rotatable bonds is 2. The van der Waals surface area contributed by atoms with Gasteiger partial charge in [0, 0.05) is 21.1 Å². The number of nitrogens with zero attached hydrogens (tertiary/aromatic N) is 1. The van der Waals surface area contributed by atoms with Crippen LogP contribution in [0.3, 0.4) is 0 Å². The Balaban J connectivity index is 1.84. The summed E-state index contributed by atoms with van der Waals surface area (Å²) in [4.78, 5) is 26.4. The number of amides is 2. The molecule has 2 aromatic carbocycles. The lowest BCUT2D eigenvalue weighted by atomic mass is 9.95. The van der Waals surface area contributed by atoms with E-state index in [0.717, 1.165) is 21.3 Å². The summed E-state index contributed by atoms with van der Waals surface area (Å²) < 4.78 is 0.751. The molecular formula is C19H19BrN2O2. The van der Waals surface area contributed by atoms with E-state index in [1.54, 1.807) is 4.90 Å². The largest absolute Gasteiger partial charge is 0.325 e. The third-order valence-corrected chi connectivity index (χ3v) is 4.67. The van der Waals surface area contributed by atoms with Gasteiger partial charge in [-0.25, -0.2) is 0 Å². The number of carbonyl (C=O) groups excluding carboxylic acids is 2. The zero-order chi connectivity index (χ0) is 17.5. The van der Waals surface area contributed by atoms with E-state index in [4.69, 9.17) is 0 Å². The van der Waals surface area contributed by atoms with Gasteiger partial charge in [-0.1, -0.05) is 39.0 Å². The molecule has 2 aromatic rings. The summed E-state index contributed by atoms with van der Waals surface area (Å²) in [6.45, 7) is 6.16. The van der Waals surface area contributed by atoms with Crippen molar-refractivity contribution < 1.29 is 9.59 Å². The molecule has 1 heterocycles. The Morgan fingerprint density at radius 3 is 2.50 bits per heavy atom. The lowest BCUT2D eigenvalue weighted by Gasteiger charge is -2.20. The molecule has 1 aliphatic heterocycles. The molecule has 3 rings (SSSR count). The molecule has 0 bridgehead atoms. The average molecular weight is 387 g/mol. The number of nitrogens with one attached hydrogen (secondary N) is 1. The van der Waals surface area contributed by atoms with Gasteiger partial charge < -0.3 is 10.2 Å². The number of benzene rings is 2. The van der Waals surface area contributed by atoms with Crippen LogP contribution in [0.4, 0.5) is 11.4 Å². The van der Waals surface area contributed by atoms with Gasteiger partial charge in [-0.15, -0.1) is 0 Å². The van der Waals surface area contributed by atoms with Crippen LogP contribution in [0, 0.1) is 5.41 Å². The van der Waals surface area contributed by atoms with Gasteiger partial charge in [-0.3, -0.25) is 9.59 Å². The van der Waals surface area contributed by atoms with Crippen LogP contribution in [-0.2, 0) is 11.3 Å². The summed E-state index contributed by atoms with van der Waals surface area (Å²) in [5.74, 6) is -0.0513. The van der Waals surface area contributed by atoms with Gasteiger partial charge in [-0.2, -0.15) is 0 Å². The second kappa shape index (κ2) is 6.06. The fraction of sp³-hybridized carbons (Fsp3) is 0.263. The fourth-order valence-electron chi connectivity index (χ4n) is 2.55. The lowest BCUT2D eigenvalue weighted by molar-refractivity contribution is -0.123. The minimum atomic E-state index is -0.468. The molecule has 5 heteroatoms. The summed E-state index contributed by atoms with van der Waals surface area (Å²) in [5.41, 5.74) is 2.81. The molecular weight excluding hydrogens is 368 g/mol. The minimum absolute atomic E-state index is 0.00368. The maximum Gasteiger partial charge on any atom is 0.258 e. The van der Waals surface area contributed by atoms with Crippen LogP contribution in [0.1, 0.15) is 36.7 Å². The number of hydrogen-bond donors (Lipinski definition) is 1. The van der Waals surface area contributed by atoms with Crippen molar-refractivity contribution in [3.63, 3.8) is 0 Å². The van der Waals surface area contributed by atoms with Crippen LogP contribution in [0.2, 0.25) is 0 Å². The second-order valence-corrected chi connectivity index (χ2v) is 7.77. The molecule has 0 aliphatic carbocycles. The van der Waals surface area contributed by atoms with Crippen molar-refractivity contribution in [2.75, 3.05) is 10.2 Å². The summed E-state index contributed by atoms with van der Waals surface area (Å²) in [5, 5.41) is 2.91. The first kappa shape index (κ1) is 16.7. The monoisotopic (exact) mass is 386 g/mol. The molecule has 2 amide bonds. The summed E-state index contributed by atoms with van der Waals surface area (Å²) >= 11 is 3.49. The van der Waals surface area contributed by atoms with Crippen molar-refractivity contribution in [1.29, 1.82) is 0 Å². The number of hydrogen-bond acceptors (Lipinski definition) is 2. The van der Waals surface area contributed by atoms with E-state index in [2.05, 4.69) is 21.2 Å². The van der Waals surface area contributed by atoms with Crippen molar-refractivity contribution in [1.82, 2.24) is 0 Å². The quantitative estimate of drug-likeness (QED) is 0.819. The van der Waals surface area contributed by atoms with E-state index >= 15 is 0 Å². The van der Waals surface area contributed by atoms with Gasteiger partial charge in [0.1, 0.15) is 0 Å². The Hall–Kier alpha value is -2.14. The standard InChI is InChI=1S/C19H19BrN2O2/c1-19(2,3)18(24)21-16-9-8-13(10-15(16)20)22-11-12-6-4-5-7-14(12)17(22)23/h4-10H,11H2,1-3H3,(H,21,24). The highest BCUT2D eigenvalue weighted by molar-refractivity contribution is 9.10. The Bertz CT molecular complexity index is 824. The SMILES string of the molecule is CC(C)(C)C(=O)Nc1ccc(N2Cc3ccccc3C2=O)cc1Br. The maximum absolute atomic E-state index is 12.5. The van der Waals surface area contributed by atoms with Crippen molar-refractivity contribution in [3.8, 4) is 0 Å². The first-order valence-electron chi connectivity index (χ1n) is 7.78. The van der Waals surface area contributed by atoms with Crippen LogP contribution in [-0.4, -0.2) is 11.8 Å². The van der Waals surface area contributed by atoms with Crippen molar-refractivity contribution >= 4 is 39.1 Å². The molecule has 4 nitrogen and oxygen atoms in total. The smallest absolute Gasteiger partial charge is 0.258 e. The van der Waals surface area contributed by atoms with Crippen LogP contribution in [0.15, 0.2) is 46.9 Å². The van der Waals surface area contributed by atoms with Crippen LogP contribution in [0.25, 0.3) is 0 Å². The zero-order valence-corrected chi connectivity index (χ0v) is 15.5. The van der Waals surface area contributed by atoms with Crippen molar-refractivity contribution in [2.24, 2.45) is 5.41 Å². The highest BCUT2D eigenvalue weighted by atomic mass is 79.9. The Morgan fingerprint density at radius 2 is 1.88 bits per heavy atom. The zero-order valence-electron chi connectivity index (χ0n) is 13.9. The van der Waals surface area contributed by atoms with Crippen LogP contribution < -0.4 is 10.2 Å². The molecule has 0 atom stereocenters. The third kappa shape index (κ3) is 3.08. The highest BCUT2D eigenvalue weighted by Gasteiger charge is 2.28. The van der Waals surface area contributed by atoms with Crippen LogP contribution in [0.5, 0.6) is 0 Å². The molecule has 0 fully saturated rings. The molecule has 0 spiro atoms. The molecule has 1 N–H and O–H groups in total. The minimum Gasteiger partial charge on any atom is -0.325 e. The molecule has 0 saturated carbocycles. The van der Waals surface area contributed by atoms with Gasteiger partial charge in [0.2, 0.25) is 5.91 Å². The fourth-order valence-corrected chi connectivity index (χ4v) is 3.01. The number of fused-ring (bicyclic) bond motifs is 1. The average Bonchev–Trinajstić information content (AvgIpc) is 2.86. The number of carbonyl (C=O) groups is 2. The van der Waals surface area contributed by atoms with E-state index in [-0.39, 0.29) is 11.8 Å². The van der Waals surface area contributed by atoms with Gasteiger partial charge in [0.25, 0.3) is 5.91 Å². The van der Waals surface area contributed by atoms with E-state index in [0.29, 0.717) is 12.2 Å². The molecule has 0 radical (unpaired) electrons. The van der Waals surface area contributed by atoms with Gasteiger partial charge in [0.05, 0.1) is 12.2 Å². The normalized spacial score (nSPS) is 13.8. The molecule has 0 unspecified atom stereocenters. The highest BCUT2D eigenvalue weighted by Crippen LogP contribution is 2.33. The second-order valence-electron chi connectivity index (χ2n) is 6.92. The number of halogens is 1. The van der Waals surface area contributed by atoms with E-state index in [1.165, 1.54) is 0 Å². The molecule has 1 aliphatic rings. The van der Waals surface area contributed by atoms with Crippen molar-refractivity contribution in [3.05, 3.63) is 58.1 Å². The van der Waals surface area contributed by atoms with Gasteiger partial charge >= 0.3 is 0 Å². The molecule has 24 heavy (non-hydrogen) atoms. The first-order chi connectivity index (χ1) is 11.3. The maximum atomic E-state index is 12.5. The van der Waals surface area contributed by atoms with E-state index in [9.17, 15) is 9.59 Å². The lowest BCUT2D eigenvalue weighted by Crippen LogP contribution is -2.28. The summed E-state index contributed by atoms with van der Waals surface area (Å²) in [6.07, 6.45) is 0. The van der Waals surface area contributed by atoms with Crippen molar-refractivity contribution in [2.45, 2.75) is 27.3 Å². The third-order valence-electron chi connectivity index (χ3n) is 4.02. The topological polar surface area (TPSA) is 49.4 Å².